The predicted molar refractivity (Wildman–Crippen MR) is 72.0 cm³/mol. The zero-order valence-electron chi connectivity index (χ0n) is 11.8. The Labute approximate surface area is 111 Å². The maximum absolute atomic E-state index is 11.0. The lowest BCUT2D eigenvalue weighted by Gasteiger charge is -2.49. The van der Waals surface area contributed by atoms with Crippen LogP contribution in [-0.4, -0.2) is 34.7 Å². The SMILES string of the molecule is CC(C)N1CCC(O)(C2(C#N)CCCCC2)CC1. The minimum Gasteiger partial charge on any atom is -0.388 e. The fourth-order valence-electron chi connectivity index (χ4n) is 3.73. The molecule has 0 spiro atoms. The molecular weight excluding hydrogens is 224 g/mol. The van der Waals surface area contributed by atoms with E-state index in [0.717, 1.165) is 51.6 Å². The normalized spacial score (nSPS) is 27.9. The third-order valence-electron chi connectivity index (χ3n) is 5.17. The molecule has 1 saturated carbocycles. The average Bonchev–Trinajstić information content (AvgIpc) is 2.40. The van der Waals surface area contributed by atoms with Crippen LogP contribution < -0.4 is 0 Å². The van der Waals surface area contributed by atoms with Gasteiger partial charge in [-0.15, -0.1) is 0 Å². The number of rotatable bonds is 2. The largest absolute Gasteiger partial charge is 0.388 e. The van der Waals surface area contributed by atoms with E-state index < -0.39 is 11.0 Å². The van der Waals surface area contributed by atoms with Gasteiger partial charge >= 0.3 is 0 Å². The Kier molecular flexibility index (Phi) is 3.99. The Morgan fingerprint density at radius 1 is 1.06 bits per heavy atom. The lowest BCUT2D eigenvalue weighted by molar-refractivity contribution is -0.113. The van der Waals surface area contributed by atoms with Crippen LogP contribution in [0.5, 0.6) is 0 Å². The van der Waals surface area contributed by atoms with Crippen molar-refractivity contribution >= 4 is 0 Å². The van der Waals surface area contributed by atoms with E-state index in [1.807, 2.05) is 0 Å². The van der Waals surface area contributed by atoms with Crippen LogP contribution in [0.25, 0.3) is 0 Å². The number of hydrogen-bond acceptors (Lipinski definition) is 3. The van der Waals surface area contributed by atoms with Crippen molar-refractivity contribution in [3.8, 4) is 6.07 Å². The van der Waals surface area contributed by atoms with E-state index in [2.05, 4.69) is 24.8 Å². The van der Waals surface area contributed by atoms with Crippen LogP contribution in [0.2, 0.25) is 0 Å². The highest BCUT2D eigenvalue weighted by molar-refractivity contribution is 5.13. The van der Waals surface area contributed by atoms with E-state index >= 15 is 0 Å². The molecule has 1 aliphatic carbocycles. The second-order valence-electron chi connectivity index (χ2n) is 6.42. The monoisotopic (exact) mass is 250 g/mol. The first-order chi connectivity index (χ1) is 8.53. The van der Waals surface area contributed by atoms with E-state index in [1.54, 1.807) is 0 Å². The summed E-state index contributed by atoms with van der Waals surface area (Å²) in [6.45, 7) is 6.26. The Morgan fingerprint density at radius 3 is 2.06 bits per heavy atom. The average molecular weight is 250 g/mol. The number of piperidine rings is 1. The molecule has 1 saturated heterocycles. The van der Waals surface area contributed by atoms with Gasteiger partial charge in [-0.25, -0.2) is 0 Å². The second kappa shape index (κ2) is 5.19. The topological polar surface area (TPSA) is 47.3 Å². The van der Waals surface area contributed by atoms with E-state index in [9.17, 15) is 10.4 Å². The van der Waals surface area contributed by atoms with Gasteiger partial charge in [0.25, 0.3) is 0 Å². The molecule has 0 amide bonds. The minimum atomic E-state index is -0.742. The molecule has 0 radical (unpaired) electrons. The van der Waals surface area contributed by atoms with Crippen LogP contribution in [0.15, 0.2) is 0 Å². The van der Waals surface area contributed by atoms with Gasteiger partial charge in [-0.2, -0.15) is 5.26 Å². The van der Waals surface area contributed by atoms with Gasteiger partial charge in [0.05, 0.1) is 17.1 Å². The van der Waals surface area contributed by atoms with Crippen molar-refractivity contribution in [1.29, 1.82) is 5.26 Å². The summed E-state index contributed by atoms with van der Waals surface area (Å²) in [5, 5.41) is 20.6. The zero-order chi connectivity index (χ0) is 13.2. The van der Waals surface area contributed by atoms with Gasteiger partial charge < -0.3 is 10.0 Å². The van der Waals surface area contributed by atoms with Gasteiger partial charge in [-0.1, -0.05) is 19.3 Å². The standard InChI is InChI=1S/C15H26N2O/c1-13(2)17-10-8-15(18,9-11-17)14(12-16)6-4-3-5-7-14/h13,18H,3-11H2,1-2H3. The third-order valence-corrected chi connectivity index (χ3v) is 5.17. The van der Waals surface area contributed by atoms with Crippen molar-refractivity contribution in [3.05, 3.63) is 0 Å². The number of likely N-dealkylation sites (tertiary alicyclic amines) is 1. The van der Waals surface area contributed by atoms with Gasteiger partial charge in [0.1, 0.15) is 0 Å². The first-order valence-corrected chi connectivity index (χ1v) is 7.41. The molecule has 0 unspecified atom stereocenters. The molecule has 0 bridgehead atoms. The Bertz CT molecular complexity index is 318. The molecule has 0 aromatic heterocycles. The highest BCUT2D eigenvalue weighted by Crippen LogP contribution is 2.49. The summed E-state index contributed by atoms with van der Waals surface area (Å²) in [6, 6.07) is 3.04. The molecule has 2 fully saturated rings. The Balaban J connectivity index is 2.09. The summed E-state index contributed by atoms with van der Waals surface area (Å²) in [5.41, 5.74) is -1.21. The molecule has 3 heteroatoms. The molecule has 2 rings (SSSR count). The van der Waals surface area contributed by atoms with E-state index in [1.165, 1.54) is 6.42 Å². The lowest BCUT2D eigenvalue weighted by atomic mass is 9.61. The van der Waals surface area contributed by atoms with Crippen molar-refractivity contribution < 1.29 is 5.11 Å². The van der Waals surface area contributed by atoms with Crippen LogP contribution in [0.4, 0.5) is 0 Å². The van der Waals surface area contributed by atoms with Crippen LogP contribution >= 0.6 is 0 Å². The third kappa shape index (κ3) is 2.29. The van der Waals surface area contributed by atoms with Gasteiger partial charge in [-0.3, -0.25) is 0 Å². The molecule has 3 nitrogen and oxygen atoms in total. The van der Waals surface area contributed by atoms with Crippen molar-refractivity contribution in [3.63, 3.8) is 0 Å². The number of hydrogen-bond donors (Lipinski definition) is 1. The maximum Gasteiger partial charge on any atom is 0.0861 e. The molecule has 2 aliphatic rings. The maximum atomic E-state index is 11.0. The predicted octanol–water partition coefficient (Wildman–Crippen LogP) is 2.70. The molecule has 1 N–H and O–H groups in total. The number of nitrogens with zero attached hydrogens (tertiary/aromatic N) is 2. The lowest BCUT2D eigenvalue weighted by Crippen LogP contribution is -2.56. The van der Waals surface area contributed by atoms with Crippen molar-refractivity contribution in [2.24, 2.45) is 5.41 Å². The van der Waals surface area contributed by atoms with Gasteiger partial charge in [0.15, 0.2) is 0 Å². The molecule has 102 valence electrons. The summed E-state index contributed by atoms with van der Waals surface area (Å²) in [7, 11) is 0. The van der Waals surface area contributed by atoms with Crippen molar-refractivity contribution in [2.45, 2.75) is 70.4 Å². The highest BCUT2D eigenvalue weighted by atomic mass is 16.3. The second-order valence-corrected chi connectivity index (χ2v) is 6.42. The first-order valence-electron chi connectivity index (χ1n) is 7.41. The molecule has 0 aromatic rings. The molecule has 18 heavy (non-hydrogen) atoms. The molecule has 1 heterocycles. The summed E-state index contributed by atoms with van der Waals surface area (Å²) in [5.74, 6) is 0. The molecule has 0 atom stereocenters. The van der Waals surface area contributed by atoms with Crippen LogP contribution in [0, 0.1) is 16.7 Å². The smallest absolute Gasteiger partial charge is 0.0861 e. The van der Waals surface area contributed by atoms with Crippen LogP contribution in [0.3, 0.4) is 0 Å². The summed E-state index contributed by atoms with van der Waals surface area (Å²) in [6.07, 6.45) is 6.73. The Hall–Kier alpha value is -0.590. The van der Waals surface area contributed by atoms with Crippen molar-refractivity contribution in [2.75, 3.05) is 13.1 Å². The highest BCUT2D eigenvalue weighted by Gasteiger charge is 2.52. The fraction of sp³-hybridized carbons (Fsp3) is 0.933. The van der Waals surface area contributed by atoms with E-state index in [4.69, 9.17) is 0 Å². The van der Waals surface area contributed by atoms with Gasteiger partial charge in [-0.05, 0) is 39.5 Å². The summed E-state index contributed by atoms with van der Waals surface area (Å²) in [4.78, 5) is 2.41. The molecule has 1 aliphatic heterocycles. The van der Waals surface area contributed by atoms with Gasteiger partial charge in [0.2, 0.25) is 0 Å². The van der Waals surface area contributed by atoms with E-state index in [0.29, 0.717) is 6.04 Å². The fourth-order valence-corrected chi connectivity index (χ4v) is 3.73. The van der Waals surface area contributed by atoms with Crippen molar-refractivity contribution in [1.82, 2.24) is 4.90 Å². The molecule has 0 aromatic carbocycles. The number of nitriles is 1. The summed E-state index contributed by atoms with van der Waals surface area (Å²) < 4.78 is 0. The minimum absolute atomic E-state index is 0.464. The van der Waals surface area contributed by atoms with Crippen LogP contribution in [-0.2, 0) is 0 Å². The van der Waals surface area contributed by atoms with Gasteiger partial charge in [0, 0.05) is 19.1 Å². The Morgan fingerprint density at radius 2 is 1.61 bits per heavy atom. The summed E-state index contributed by atoms with van der Waals surface area (Å²) >= 11 is 0. The zero-order valence-corrected chi connectivity index (χ0v) is 11.8. The van der Waals surface area contributed by atoms with E-state index in [-0.39, 0.29) is 0 Å². The first kappa shape index (κ1) is 13.8. The molecular formula is C15H26N2O. The quantitative estimate of drug-likeness (QED) is 0.819. The van der Waals surface area contributed by atoms with Crippen LogP contribution in [0.1, 0.15) is 58.8 Å². The number of aliphatic hydroxyl groups is 1.